The molecule has 0 aliphatic carbocycles. The highest BCUT2D eigenvalue weighted by molar-refractivity contribution is 5.21. The summed E-state index contributed by atoms with van der Waals surface area (Å²) in [5, 5.41) is 3.60. The average molecular weight is 258 g/mol. The average Bonchev–Trinajstić information content (AvgIpc) is 2.40. The van der Waals surface area contributed by atoms with Gasteiger partial charge in [0.2, 0.25) is 0 Å². The topological polar surface area (TPSA) is 15.3 Å². The van der Waals surface area contributed by atoms with E-state index in [-0.39, 0.29) is 0 Å². The second-order valence-corrected chi connectivity index (χ2v) is 5.80. The van der Waals surface area contributed by atoms with Crippen LogP contribution in [-0.4, -0.2) is 30.6 Å². The van der Waals surface area contributed by atoms with Gasteiger partial charge in [-0.2, -0.15) is 0 Å². The van der Waals surface area contributed by atoms with E-state index in [1.54, 1.807) is 0 Å². The van der Waals surface area contributed by atoms with Crippen LogP contribution >= 0.6 is 0 Å². The molecule has 2 heteroatoms. The summed E-state index contributed by atoms with van der Waals surface area (Å²) >= 11 is 0. The first-order valence-electron chi connectivity index (χ1n) is 7.35. The van der Waals surface area contributed by atoms with Crippen LogP contribution in [0.25, 0.3) is 0 Å². The van der Waals surface area contributed by atoms with Crippen LogP contribution in [0.2, 0.25) is 0 Å². The molecular weight excluding hydrogens is 232 g/mol. The SMILES string of the molecule is CC1=CCCN(C(CNC(C)C)c2ccccc2)C1. The summed E-state index contributed by atoms with van der Waals surface area (Å²) in [6.07, 6.45) is 3.55. The summed E-state index contributed by atoms with van der Waals surface area (Å²) in [5.74, 6) is 0. The molecule has 0 amide bonds. The summed E-state index contributed by atoms with van der Waals surface area (Å²) in [6.45, 7) is 9.95. The summed E-state index contributed by atoms with van der Waals surface area (Å²) in [7, 11) is 0. The Labute approximate surface area is 117 Å². The molecular formula is C17H26N2. The van der Waals surface area contributed by atoms with E-state index in [1.165, 1.54) is 17.6 Å². The Morgan fingerprint density at radius 2 is 1.95 bits per heavy atom. The third-order valence-electron chi connectivity index (χ3n) is 3.71. The van der Waals surface area contributed by atoms with E-state index in [0.717, 1.165) is 19.6 Å². The van der Waals surface area contributed by atoms with Crippen molar-refractivity contribution in [1.29, 1.82) is 0 Å². The predicted molar refractivity (Wildman–Crippen MR) is 82.3 cm³/mol. The summed E-state index contributed by atoms with van der Waals surface area (Å²) in [5.41, 5.74) is 2.92. The molecule has 2 nitrogen and oxygen atoms in total. The van der Waals surface area contributed by atoms with E-state index >= 15 is 0 Å². The van der Waals surface area contributed by atoms with E-state index in [2.05, 4.69) is 67.4 Å². The fraction of sp³-hybridized carbons (Fsp3) is 0.529. The Hall–Kier alpha value is -1.12. The molecule has 104 valence electrons. The molecule has 0 radical (unpaired) electrons. The number of hydrogen-bond donors (Lipinski definition) is 1. The monoisotopic (exact) mass is 258 g/mol. The van der Waals surface area contributed by atoms with E-state index in [4.69, 9.17) is 0 Å². The van der Waals surface area contributed by atoms with Gasteiger partial charge in [0.1, 0.15) is 0 Å². The number of nitrogens with zero attached hydrogens (tertiary/aromatic N) is 1. The largest absolute Gasteiger partial charge is 0.313 e. The smallest absolute Gasteiger partial charge is 0.0476 e. The van der Waals surface area contributed by atoms with Crippen LogP contribution in [0.1, 0.15) is 38.8 Å². The van der Waals surface area contributed by atoms with Crippen molar-refractivity contribution in [2.24, 2.45) is 0 Å². The first kappa shape index (κ1) is 14.3. The van der Waals surface area contributed by atoms with Crippen LogP contribution in [0.4, 0.5) is 0 Å². The van der Waals surface area contributed by atoms with Gasteiger partial charge in [0.15, 0.2) is 0 Å². The zero-order valence-electron chi connectivity index (χ0n) is 12.4. The normalized spacial score (nSPS) is 18.4. The predicted octanol–water partition coefficient (Wildman–Crippen LogP) is 3.38. The number of rotatable bonds is 5. The van der Waals surface area contributed by atoms with Crippen molar-refractivity contribution in [1.82, 2.24) is 10.2 Å². The lowest BCUT2D eigenvalue weighted by Gasteiger charge is -2.35. The van der Waals surface area contributed by atoms with E-state index in [0.29, 0.717) is 12.1 Å². The van der Waals surface area contributed by atoms with Crippen molar-refractivity contribution in [2.75, 3.05) is 19.6 Å². The van der Waals surface area contributed by atoms with Gasteiger partial charge in [0.05, 0.1) is 0 Å². The lowest BCUT2D eigenvalue weighted by Crippen LogP contribution is -2.40. The molecule has 1 atom stereocenters. The van der Waals surface area contributed by atoms with Crippen LogP contribution in [0.5, 0.6) is 0 Å². The number of nitrogens with one attached hydrogen (secondary N) is 1. The molecule has 0 aromatic heterocycles. The van der Waals surface area contributed by atoms with Gasteiger partial charge >= 0.3 is 0 Å². The lowest BCUT2D eigenvalue weighted by molar-refractivity contribution is 0.201. The van der Waals surface area contributed by atoms with Crippen molar-refractivity contribution >= 4 is 0 Å². The quantitative estimate of drug-likeness (QED) is 0.815. The number of benzene rings is 1. The first-order valence-corrected chi connectivity index (χ1v) is 7.35. The maximum absolute atomic E-state index is 3.60. The highest BCUT2D eigenvalue weighted by atomic mass is 15.2. The van der Waals surface area contributed by atoms with Gasteiger partial charge in [-0.3, -0.25) is 4.90 Å². The highest BCUT2D eigenvalue weighted by Crippen LogP contribution is 2.24. The zero-order chi connectivity index (χ0) is 13.7. The molecule has 1 unspecified atom stereocenters. The Morgan fingerprint density at radius 3 is 2.58 bits per heavy atom. The second kappa shape index (κ2) is 6.88. The van der Waals surface area contributed by atoms with Crippen molar-refractivity contribution in [3.8, 4) is 0 Å². The van der Waals surface area contributed by atoms with E-state index in [9.17, 15) is 0 Å². The molecule has 19 heavy (non-hydrogen) atoms. The molecule has 0 bridgehead atoms. The first-order chi connectivity index (χ1) is 9.16. The maximum Gasteiger partial charge on any atom is 0.0476 e. The zero-order valence-corrected chi connectivity index (χ0v) is 12.4. The van der Waals surface area contributed by atoms with E-state index < -0.39 is 0 Å². The van der Waals surface area contributed by atoms with Gasteiger partial charge in [-0.1, -0.05) is 55.8 Å². The van der Waals surface area contributed by atoms with Crippen LogP contribution in [0.3, 0.4) is 0 Å². The lowest BCUT2D eigenvalue weighted by atomic mass is 10.0. The Morgan fingerprint density at radius 1 is 1.21 bits per heavy atom. The number of hydrogen-bond acceptors (Lipinski definition) is 2. The third-order valence-corrected chi connectivity index (χ3v) is 3.71. The van der Waals surface area contributed by atoms with Gasteiger partial charge in [0.25, 0.3) is 0 Å². The molecule has 0 saturated heterocycles. The van der Waals surface area contributed by atoms with Gasteiger partial charge in [-0.15, -0.1) is 0 Å². The van der Waals surface area contributed by atoms with Crippen molar-refractivity contribution in [2.45, 2.75) is 39.3 Å². The summed E-state index contributed by atoms with van der Waals surface area (Å²) in [6, 6.07) is 11.9. The molecule has 2 rings (SSSR count). The summed E-state index contributed by atoms with van der Waals surface area (Å²) < 4.78 is 0. The molecule has 1 heterocycles. The summed E-state index contributed by atoms with van der Waals surface area (Å²) in [4.78, 5) is 2.60. The molecule has 1 aromatic carbocycles. The Balaban J connectivity index is 2.12. The minimum absolute atomic E-state index is 0.479. The van der Waals surface area contributed by atoms with Gasteiger partial charge in [0, 0.05) is 31.7 Å². The fourth-order valence-electron chi connectivity index (χ4n) is 2.69. The molecule has 1 aliphatic heterocycles. The molecule has 1 N–H and O–H groups in total. The molecule has 0 saturated carbocycles. The van der Waals surface area contributed by atoms with Gasteiger partial charge in [-0.25, -0.2) is 0 Å². The van der Waals surface area contributed by atoms with Gasteiger partial charge < -0.3 is 5.32 Å². The minimum Gasteiger partial charge on any atom is -0.313 e. The second-order valence-electron chi connectivity index (χ2n) is 5.80. The minimum atomic E-state index is 0.479. The molecule has 1 aliphatic rings. The Kier molecular flexibility index (Phi) is 5.17. The van der Waals surface area contributed by atoms with Crippen LogP contribution in [0.15, 0.2) is 42.0 Å². The van der Waals surface area contributed by atoms with Crippen LogP contribution in [0, 0.1) is 0 Å². The van der Waals surface area contributed by atoms with Crippen molar-refractivity contribution < 1.29 is 0 Å². The highest BCUT2D eigenvalue weighted by Gasteiger charge is 2.21. The molecule has 1 aromatic rings. The standard InChI is InChI=1S/C17H26N2/c1-14(2)18-12-17(16-9-5-4-6-10-16)19-11-7-8-15(3)13-19/h4-6,8-10,14,17-18H,7,11-13H2,1-3H3. The van der Waals surface area contributed by atoms with Crippen LogP contribution in [-0.2, 0) is 0 Å². The Bertz CT molecular complexity index is 409. The molecule has 0 fully saturated rings. The fourth-order valence-corrected chi connectivity index (χ4v) is 2.69. The van der Waals surface area contributed by atoms with Gasteiger partial charge in [-0.05, 0) is 18.9 Å². The molecule has 0 spiro atoms. The van der Waals surface area contributed by atoms with E-state index in [1.807, 2.05) is 0 Å². The van der Waals surface area contributed by atoms with Crippen molar-refractivity contribution in [3.05, 3.63) is 47.5 Å². The van der Waals surface area contributed by atoms with Crippen LogP contribution < -0.4 is 5.32 Å². The maximum atomic E-state index is 3.60. The third kappa shape index (κ3) is 4.19. The van der Waals surface area contributed by atoms with Crippen molar-refractivity contribution in [3.63, 3.8) is 0 Å².